The molecule has 1 nitrogen and oxygen atoms in total. The van der Waals surface area contributed by atoms with Crippen LogP contribution in [-0.2, 0) is 0 Å². The first kappa shape index (κ1) is 12.6. The Morgan fingerprint density at radius 3 is 2.35 bits per heavy atom. The van der Waals surface area contributed by atoms with E-state index in [1.807, 2.05) is 0 Å². The molecule has 1 heteroatoms. The van der Waals surface area contributed by atoms with E-state index in [4.69, 9.17) is 0 Å². The van der Waals surface area contributed by atoms with Gasteiger partial charge in [0.15, 0.2) is 0 Å². The topological polar surface area (TPSA) is 12.0 Å². The molecule has 0 radical (unpaired) electrons. The van der Waals surface area contributed by atoms with Crippen molar-refractivity contribution >= 4 is 0 Å². The first-order valence-corrected chi connectivity index (χ1v) is 6.97. The quantitative estimate of drug-likeness (QED) is 0.785. The molecule has 2 unspecified atom stereocenters. The van der Waals surface area contributed by atoms with Crippen LogP contribution in [0.4, 0.5) is 0 Å². The zero-order valence-corrected chi connectivity index (χ0v) is 11.4. The molecular weight excluding hydrogens is 206 g/mol. The first-order valence-electron chi connectivity index (χ1n) is 6.97. The van der Waals surface area contributed by atoms with E-state index in [2.05, 4.69) is 56.5 Å². The molecule has 17 heavy (non-hydrogen) atoms. The van der Waals surface area contributed by atoms with E-state index < -0.39 is 0 Å². The second-order valence-electron chi connectivity index (χ2n) is 5.46. The Hall–Kier alpha value is -0.820. The van der Waals surface area contributed by atoms with Crippen LogP contribution < -0.4 is 5.32 Å². The van der Waals surface area contributed by atoms with E-state index in [0.29, 0.717) is 5.41 Å². The van der Waals surface area contributed by atoms with Gasteiger partial charge in [-0.3, -0.25) is 0 Å². The zero-order valence-electron chi connectivity index (χ0n) is 11.4. The molecule has 1 aromatic rings. The largest absolute Gasteiger partial charge is 0.319 e. The van der Waals surface area contributed by atoms with Gasteiger partial charge in [-0.25, -0.2) is 0 Å². The second-order valence-corrected chi connectivity index (χ2v) is 5.46. The molecule has 0 saturated heterocycles. The fraction of sp³-hybridized carbons (Fsp3) is 0.625. The van der Waals surface area contributed by atoms with Crippen LogP contribution in [0, 0.1) is 11.3 Å². The fourth-order valence-corrected chi connectivity index (χ4v) is 3.45. The summed E-state index contributed by atoms with van der Waals surface area (Å²) in [4.78, 5) is 0. The van der Waals surface area contributed by atoms with Crippen LogP contribution in [0.25, 0.3) is 0 Å². The highest BCUT2D eigenvalue weighted by atomic mass is 14.8. The van der Waals surface area contributed by atoms with E-state index >= 15 is 0 Å². The number of hydrogen-bond donors (Lipinski definition) is 1. The smallest absolute Gasteiger partial charge is 0.000748 e. The van der Waals surface area contributed by atoms with Crippen molar-refractivity contribution in [1.29, 1.82) is 0 Å². The molecule has 0 amide bonds. The Morgan fingerprint density at radius 2 is 1.82 bits per heavy atom. The van der Waals surface area contributed by atoms with E-state index in [1.165, 1.54) is 19.3 Å². The third kappa shape index (κ3) is 2.40. The Kier molecular flexibility index (Phi) is 3.88. The zero-order chi connectivity index (χ0) is 12.3. The molecule has 94 valence electrons. The summed E-state index contributed by atoms with van der Waals surface area (Å²) in [5.74, 6) is 1.69. The second kappa shape index (κ2) is 5.22. The Balaban J connectivity index is 2.10. The molecule has 2 atom stereocenters. The molecule has 1 saturated carbocycles. The number of rotatable bonds is 6. The van der Waals surface area contributed by atoms with Gasteiger partial charge in [0.1, 0.15) is 0 Å². The summed E-state index contributed by atoms with van der Waals surface area (Å²) < 4.78 is 0. The highest BCUT2D eigenvalue weighted by Gasteiger charge is 2.50. The minimum atomic E-state index is 0.509. The lowest BCUT2D eigenvalue weighted by Gasteiger charge is -2.32. The van der Waals surface area contributed by atoms with Crippen LogP contribution in [0.1, 0.15) is 44.6 Å². The van der Waals surface area contributed by atoms with Gasteiger partial charge in [0.05, 0.1) is 0 Å². The van der Waals surface area contributed by atoms with Gasteiger partial charge in [0, 0.05) is 6.54 Å². The summed E-state index contributed by atoms with van der Waals surface area (Å²) in [5, 5.41) is 3.40. The molecule has 1 aliphatic rings. The van der Waals surface area contributed by atoms with Gasteiger partial charge in [-0.1, -0.05) is 44.2 Å². The Bertz CT molecular complexity index is 340. The molecule has 1 aromatic carbocycles. The van der Waals surface area contributed by atoms with Crippen molar-refractivity contribution in [3.63, 3.8) is 0 Å². The molecule has 0 heterocycles. The van der Waals surface area contributed by atoms with Gasteiger partial charge < -0.3 is 5.32 Å². The van der Waals surface area contributed by atoms with E-state index in [-0.39, 0.29) is 0 Å². The van der Waals surface area contributed by atoms with Crippen molar-refractivity contribution < 1.29 is 0 Å². The summed E-state index contributed by atoms with van der Waals surface area (Å²) in [6.45, 7) is 5.86. The maximum atomic E-state index is 3.40. The third-order valence-electron chi connectivity index (χ3n) is 4.74. The van der Waals surface area contributed by atoms with Crippen molar-refractivity contribution in [2.24, 2.45) is 11.3 Å². The average molecular weight is 231 g/mol. The standard InChI is InChI=1S/C16H25N/c1-4-16(5-2,12-17-3)15-11-14(15)13-9-7-6-8-10-13/h6-10,14-15,17H,4-5,11-12H2,1-3H3. The predicted octanol–water partition coefficient (Wildman–Crippen LogP) is 3.82. The average Bonchev–Trinajstić information content (AvgIpc) is 3.18. The fourth-order valence-electron chi connectivity index (χ4n) is 3.45. The molecule has 0 spiro atoms. The SMILES string of the molecule is CCC(CC)(CNC)C1CC1c1ccccc1. The lowest BCUT2D eigenvalue weighted by atomic mass is 9.76. The minimum absolute atomic E-state index is 0.509. The Labute approximate surface area is 106 Å². The summed E-state index contributed by atoms with van der Waals surface area (Å²) in [6.07, 6.45) is 3.96. The van der Waals surface area contributed by atoms with Crippen molar-refractivity contribution in [3.8, 4) is 0 Å². The lowest BCUT2D eigenvalue weighted by Crippen LogP contribution is -2.34. The van der Waals surface area contributed by atoms with Gasteiger partial charge >= 0.3 is 0 Å². The summed E-state index contributed by atoms with van der Waals surface area (Å²) in [5.41, 5.74) is 2.05. The van der Waals surface area contributed by atoms with E-state index in [9.17, 15) is 0 Å². The van der Waals surface area contributed by atoms with Crippen LogP contribution in [0.3, 0.4) is 0 Å². The van der Waals surface area contributed by atoms with Gasteiger partial charge in [-0.15, -0.1) is 0 Å². The van der Waals surface area contributed by atoms with Crippen molar-refractivity contribution in [2.45, 2.75) is 39.0 Å². The first-order chi connectivity index (χ1) is 8.27. The molecule has 0 aliphatic heterocycles. The lowest BCUT2D eigenvalue weighted by molar-refractivity contribution is 0.208. The highest BCUT2D eigenvalue weighted by Crippen LogP contribution is 2.59. The summed E-state index contributed by atoms with van der Waals surface area (Å²) in [6, 6.07) is 11.0. The van der Waals surface area contributed by atoms with Crippen molar-refractivity contribution in [2.75, 3.05) is 13.6 Å². The summed E-state index contributed by atoms with van der Waals surface area (Å²) >= 11 is 0. The molecule has 1 fully saturated rings. The monoisotopic (exact) mass is 231 g/mol. The highest BCUT2D eigenvalue weighted by molar-refractivity contribution is 5.27. The van der Waals surface area contributed by atoms with E-state index in [1.54, 1.807) is 5.56 Å². The number of hydrogen-bond acceptors (Lipinski definition) is 1. The Morgan fingerprint density at radius 1 is 1.18 bits per heavy atom. The van der Waals surface area contributed by atoms with Gasteiger partial charge in [0.2, 0.25) is 0 Å². The normalized spacial score (nSPS) is 23.7. The van der Waals surface area contributed by atoms with Crippen molar-refractivity contribution in [1.82, 2.24) is 5.32 Å². The van der Waals surface area contributed by atoms with Gasteiger partial charge in [-0.05, 0) is 49.1 Å². The molecule has 2 rings (SSSR count). The molecular formula is C16H25N. The van der Waals surface area contributed by atoms with Crippen LogP contribution in [0.2, 0.25) is 0 Å². The van der Waals surface area contributed by atoms with Crippen LogP contribution in [0.15, 0.2) is 30.3 Å². The maximum Gasteiger partial charge on any atom is 0.000748 e. The molecule has 0 aromatic heterocycles. The van der Waals surface area contributed by atoms with Crippen LogP contribution in [0.5, 0.6) is 0 Å². The van der Waals surface area contributed by atoms with E-state index in [0.717, 1.165) is 18.4 Å². The molecule has 0 bridgehead atoms. The predicted molar refractivity (Wildman–Crippen MR) is 74.2 cm³/mol. The van der Waals surface area contributed by atoms with Gasteiger partial charge in [-0.2, -0.15) is 0 Å². The maximum absolute atomic E-state index is 3.40. The van der Waals surface area contributed by atoms with Crippen LogP contribution in [-0.4, -0.2) is 13.6 Å². The van der Waals surface area contributed by atoms with Crippen LogP contribution >= 0.6 is 0 Å². The number of nitrogens with one attached hydrogen (secondary N) is 1. The minimum Gasteiger partial charge on any atom is -0.319 e. The van der Waals surface area contributed by atoms with Crippen molar-refractivity contribution in [3.05, 3.63) is 35.9 Å². The molecule has 1 N–H and O–H groups in total. The number of benzene rings is 1. The third-order valence-corrected chi connectivity index (χ3v) is 4.74. The molecule has 1 aliphatic carbocycles. The summed E-state index contributed by atoms with van der Waals surface area (Å²) in [7, 11) is 2.08. The van der Waals surface area contributed by atoms with Gasteiger partial charge in [0.25, 0.3) is 0 Å².